The SMILES string of the molecule is C=C/C(=C\N(C)C)c1cccc(-c2ncc(C(/C=N\C)=C/CC)c(C(C)CCC3(F)COC3)n2)c1. The summed E-state index contributed by atoms with van der Waals surface area (Å²) in [7, 11) is 5.73. The van der Waals surface area contributed by atoms with Crippen LogP contribution in [0.1, 0.15) is 55.8 Å². The van der Waals surface area contributed by atoms with Gasteiger partial charge in [0.15, 0.2) is 11.5 Å². The van der Waals surface area contributed by atoms with Gasteiger partial charge in [-0.3, -0.25) is 4.99 Å². The average Bonchev–Trinajstić information content (AvgIpc) is 2.84. The van der Waals surface area contributed by atoms with Crippen molar-refractivity contribution in [2.75, 3.05) is 34.4 Å². The summed E-state index contributed by atoms with van der Waals surface area (Å²) in [5, 5.41) is 0. The van der Waals surface area contributed by atoms with Crippen molar-refractivity contribution in [2.45, 2.75) is 44.7 Å². The molecule has 2 aromatic rings. The normalized spacial score (nSPS) is 16.7. The largest absolute Gasteiger partial charge is 0.383 e. The van der Waals surface area contributed by atoms with E-state index in [1.54, 1.807) is 7.05 Å². The Balaban J connectivity index is 2.04. The smallest absolute Gasteiger partial charge is 0.159 e. The van der Waals surface area contributed by atoms with Crippen molar-refractivity contribution >= 4 is 17.4 Å². The van der Waals surface area contributed by atoms with E-state index in [0.29, 0.717) is 18.7 Å². The summed E-state index contributed by atoms with van der Waals surface area (Å²) >= 11 is 0. The fourth-order valence-electron chi connectivity index (χ4n) is 4.16. The van der Waals surface area contributed by atoms with E-state index in [9.17, 15) is 4.39 Å². The van der Waals surface area contributed by atoms with Crippen LogP contribution in [0.15, 0.2) is 60.4 Å². The number of aromatic nitrogens is 2. The van der Waals surface area contributed by atoms with Gasteiger partial charge in [-0.15, -0.1) is 0 Å². The molecule has 2 heterocycles. The second kappa shape index (κ2) is 12.0. The number of hydrogen-bond acceptors (Lipinski definition) is 5. The van der Waals surface area contributed by atoms with Crippen LogP contribution in [0.2, 0.25) is 0 Å². The van der Waals surface area contributed by atoms with E-state index in [1.165, 1.54) is 0 Å². The zero-order chi connectivity index (χ0) is 25.4. The van der Waals surface area contributed by atoms with Gasteiger partial charge >= 0.3 is 0 Å². The summed E-state index contributed by atoms with van der Waals surface area (Å²) in [5.74, 6) is 0.697. The van der Waals surface area contributed by atoms with E-state index in [0.717, 1.165) is 40.0 Å². The fourth-order valence-corrected chi connectivity index (χ4v) is 4.16. The first-order valence-electron chi connectivity index (χ1n) is 12.2. The van der Waals surface area contributed by atoms with Gasteiger partial charge in [0, 0.05) is 50.9 Å². The predicted molar refractivity (Wildman–Crippen MR) is 144 cm³/mol. The molecule has 1 aliphatic heterocycles. The van der Waals surface area contributed by atoms with Gasteiger partial charge in [-0.25, -0.2) is 14.4 Å². The molecule has 35 heavy (non-hydrogen) atoms. The lowest BCUT2D eigenvalue weighted by Gasteiger charge is -2.34. The fraction of sp³-hybridized carbons (Fsp3) is 0.414. The Morgan fingerprint density at radius 3 is 2.69 bits per heavy atom. The first-order valence-corrected chi connectivity index (χ1v) is 12.2. The standard InChI is InChI=1S/C29H37FN4O/c1-7-10-25(16-31-4)26-17-32-28(33-27(26)21(3)13-14-29(30)19-35-20-29)24-12-9-11-23(15-24)22(8-2)18-34(5)6/h8-12,15-18,21H,2,7,13-14,19-20H2,1,3-6H3/b22-18+,25-10+,31-16-. The molecule has 0 amide bonds. The Bertz CT molecular complexity index is 1120. The van der Waals surface area contributed by atoms with Crippen LogP contribution >= 0.6 is 0 Å². The summed E-state index contributed by atoms with van der Waals surface area (Å²) in [4.78, 5) is 16.0. The lowest BCUT2D eigenvalue weighted by molar-refractivity contribution is -0.134. The summed E-state index contributed by atoms with van der Waals surface area (Å²) in [5.41, 5.74) is 4.62. The van der Waals surface area contributed by atoms with E-state index >= 15 is 0 Å². The Hall–Kier alpha value is -3.12. The number of aliphatic imine (C=N–C) groups is 1. The third-order valence-corrected chi connectivity index (χ3v) is 6.11. The van der Waals surface area contributed by atoms with E-state index in [-0.39, 0.29) is 19.1 Å². The van der Waals surface area contributed by atoms with Gasteiger partial charge in [0.25, 0.3) is 0 Å². The minimum atomic E-state index is -1.22. The molecule has 1 atom stereocenters. The monoisotopic (exact) mass is 476 g/mol. The first kappa shape index (κ1) is 26.5. The molecule has 0 bridgehead atoms. The summed E-state index contributed by atoms with van der Waals surface area (Å²) in [6.07, 6.45) is 11.7. The molecule has 0 N–H and O–H groups in total. The van der Waals surface area contributed by atoms with Crippen LogP contribution in [0.4, 0.5) is 4.39 Å². The number of halogens is 1. The summed E-state index contributed by atoms with van der Waals surface area (Å²) < 4.78 is 19.8. The molecule has 0 saturated carbocycles. The Morgan fingerprint density at radius 1 is 1.31 bits per heavy atom. The van der Waals surface area contributed by atoms with Crippen molar-refractivity contribution < 1.29 is 9.13 Å². The Morgan fingerprint density at radius 2 is 2.09 bits per heavy atom. The molecule has 186 valence electrons. The Labute approximate surface area is 209 Å². The average molecular weight is 477 g/mol. The highest BCUT2D eigenvalue weighted by atomic mass is 19.1. The van der Waals surface area contributed by atoms with Crippen LogP contribution in [-0.4, -0.2) is 61.1 Å². The summed E-state index contributed by atoms with van der Waals surface area (Å²) in [6.45, 7) is 8.53. The topological polar surface area (TPSA) is 50.6 Å². The molecule has 0 spiro atoms. The van der Waals surface area contributed by atoms with Crippen molar-refractivity contribution in [3.8, 4) is 11.4 Å². The highest BCUT2D eigenvalue weighted by Gasteiger charge is 2.38. The number of allylic oxidation sites excluding steroid dienone is 4. The molecular weight excluding hydrogens is 439 g/mol. The lowest BCUT2D eigenvalue weighted by atomic mass is 9.88. The molecule has 1 unspecified atom stereocenters. The molecule has 5 nitrogen and oxygen atoms in total. The van der Waals surface area contributed by atoms with Crippen LogP contribution in [0.25, 0.3) is 22.5 Å². The molecule has 0 aliphatic carbocycles. The molecule has 1 aliphatic rings. The minimum absolute atomic E-state index is 0.0473. The number of benzene rings is 1. The van der Waals surface area contributed by atoms with Gasteiger partial charge in [-0.05, 0) is 48.0 Å². The van der Waals surface area contributed by atoms with Gasteiger partial charge in [0.05, 0.1) is 18.9 Å². The van der Waals surface area contributed by atoms with E-state index in [4.69, 9.17) is 14.7 Å². The quantitative estimate of drug-likeness (QED) is 0.280. The van der Waals surface area contributed by atoms with Crippen molar-refractivity contribution in [1.29, 1.82) is 0 Å². The third kappa shape index (κ3) is 6.73. The van der Waals surface area contributed by atoms with Gasteiger partial charge in [0.1, 0.15) is 0 Å². The molecule has 1 saturated heterocycles. The van der Waals surface area contributed by atoms with Crippen LogP contribution in [0, 0.1) is 0 Å². The number of rotatable bonds is 11. The van der Waals surface area contributed by atoms with Crippen molar-refractivity contribution in [1.82, 2.24) is 14.9 Å². The van der Waals surface area contributed by atoms with Crippen molar-refractivity contribution in [3.05, 3.63) is 72.2 Å². The van der Waals surface area contributed by atoms with Gasteiger partial charge < -0.3 is 9.64 Å². The van der Waals surface area contributed by atoms with Gasteiger partial charge in [0.2, 0.25) is 0 Å². The maximum atomic E-state index is 14.7. The van der Waals surface area contributed by atoms with Crippen molar-refractivity contribution in [3.63, 3.8) is 0 Å². The van der Waals surface area contributed by atoms with Gasteiger partial charge in [-0.1, -0.05) is 50.8 Å². The maximum absolute atomic E-state index is 14.7. The molecule has 6 heteroatoms. The number of ether oxygens (including phenoxy) is 1. The van der Waals surface area contributed by atoms with Crippen LogP contribution < -0.4 is 0 Å². The molecule has 0 radical (unpaired) electrons. The van der Waals surface area contributed by atoms with Gasteiger partial charge in [-0.2, -0.15) is 0 Å². The first-order chi connectivity index (χ1) is 16.8. The zero-order valence-electron chi connectivity index (χ0n) is 21.6. The molecule has 3 rings (SSSR count). The maximum Gasteiger partial charge on any atom is 0.159 e. The molecule has 1 aromatic carbocycles. The number of alkyl halides is 1. The molecular formula is C29H37FN4O. The van der Waals surface area contributed by atoms with Crippen LogP contribution in [0.5, 0.6) is 0 Å². The van der Waals surface area contributed by atoms with E-state index in [2.05, 4.69) is 43.6 Å². The minimum Gasteiger partial charge on any atom is -0.383 e. The highest BCUT2D eigenvalue weighted by Crippen LogP contribution is 2.34. The van der Waals surface area contributed by atoms with E-state index < -0.39 is 5.67 Å². The van der Waals surface area contributed by atoms with Crippen LogP contribution in [0.3, 0.4) is 0 Å². The lowest BCUT2D eigenvalue weighted by Crippen LogP contribution is -2.45. The van der Waals surface area contributed by atoms with E-state index in [1.807, 2.05) is 55.8 Å². The molecule has 1 aromatic heterocycles. The third-order valence-electron chi connectivity index (χ3n) is 6.11. The summed E-state index contributed by atoms with van der Waals surface area (Å²) in [6, 6.07) is 8.16. The number of nitrogens with zero attached hydrogens (tertiary/aromatic N) is 4. The zero-order valence-corrected chi connectivity index (χ0v) is 21.6. The predicted octanol–water partition coefficient (Wildman–Crippen LogP) is 6.35. The second-order valence-electron chi connectivity index (χ2n) is 9.36. The Kier molecular flexibility index (Phi) is 9.10. The van der Waals surface area contributed by atoms with Crippen molar-refractivity contribution in [2.24, 2.45) is 4.99 Å². The van der Waals surface area contributed by atoms with Crippen LogP contribution in [-0.2, 0) is 4.74 Å². The molecule has 1 fully saturated rings. The highest BCUT2D eigenvalue weighted by molar-refractivity contribution is 6.10. The second-order valence-corrected chi connectivity index (χ2v) is 9.36. The number of hydrogen-bond donors (Lipinski definition) is 0.